The van der Waals surface area contributed by atoms with Gasteiger partial charge in [-0.2, -0.15) is 0 Å². The van der Waals surface area contributed by atoms with Gasteiger partial charge in [-0.3, -0.25) is 9.78 Å². The molecule has 1 aliphatic carbocycles. The van der Waals surface area contributed by atoms with Crippen LogP contribution in [0.2, 0.25) is 0 Å². The molecule has 2 aromatic rings. The normalized spacial score (nSPS) is 13.5. The third-order valence-electron chi connectivity index (χ3n) is 3.91. The Labute approximate surface area is 130 Å². The first kappa shape index (κ1) is 14.6. The lowest BCUT2D eigenvalue weighted by Gasteiger charge is -2.18. The number of carbonyl (C=O) groups excluding carboxylic acids is 1. The highest BCUT2D eigenvalue weighted by Crippen LogP contribution is 2.27. The average Bonchev–Trinajstić information content (AvgIpc) is 3.06. The molecule has 116 valence electrons. The maximum Gasteiger partial charge on any atom is 0.258 e. The number of aryl methyl sites for hydroxylation is 1. The summed E-state index contributed by atoms with van der Waals surface area (Å²) in [5.41, 5.74) is 2.30. The summed E-state index contributed by atoms with van der Waals surface area (Å²) in [5.74, 6) is 0.721. The summed E-state index contributed by atoms with van der Waals surface area (Å²) >= 11 is 0. The van der Waals surface area contributed by atoms with Crippen molar-refractivity contribution < 1.29 is 9.53 Å². The van der Waals surface area contributed by atoms with E-state index in [-0.39, 0.29) is 12.5 Å². The molecular weight excluding hydrogens is 278 g/mol. The Hall–Kier alpha value is -2.30. The van der Waals surface area contributed by atoms with E-state index in [1.165, 1.54) is 12.0 Å². The van der Waals surface area contributed by atoms with Gasteiger partial charge in [0.1, 0.15) is 5.75 Å². The second-order valence-electron chi connectivity index (χ2n) is 5.50. The van der Waals surface area contributed by atoms with Gasteiger partial charge in [0.2, 0.25) is 0 Å². The molecule has 1 amide bonds. The van der Waals surface area contributed by atoms with Gasteiger partial charge in [-0.25, -0.2) is 0 Å². The van der Waals surface area contributed by atoms with Crippen molar-refractivity contribution in [3.05, 3.63) is 48.0 Å². The first-order valence-corrected chi connectivity index (χ1v) is 7.80. The third kappa shape index (κ3) is 3.67. The summed E-state index contributed by atoms with van der Waals surface area (Å²) in [6.07, 6.45) is 10.1. The van der Waals surface area contributed by atoms with Gasteiger partial charge in [0.05, 0.1) is 0 Å². The van der Waals surface area contributed by atoms with Crippen LogP contribution in [0.5, 0.6) is 5.75 Å². The van der Waals surface area contributed by atoms with Crippen LogP contribution in [0, 0.1) is 0 Å². The van der Waals surface area contributed by atoms with Crippen LogP contribution >= 0.6 is 0 Å². The second kappa shape index (κ2) is 7.11. The highest BCUT2D eigenvalue weighted by molar-refractivity contribution is 5.77. The van der Waals surface area contributed by atoms with Crippen LogP contribution in [-0.2, 0) is 24.2 Å². The van der Waals surface area contributed by atoms with E-state index in [0.717, 1.165) is 37.3 Å². The molecule has 0 atom stereocenters. The molecule has 5 nitrogen and oxygen atoms in total. The van der Waals surface area contributed by atoms with Gasteiger partial charge in [-0.1, -0.05) is 0 Å². The maximum atomic E-state index is 11.9. The number of hydrogen-bond donors (Lipinski definition) is 1. The van der Waals surface area contributed by atoms with Crippen LogP contribution in [0.1, 0.15) is 24.1 Å². The summed E-state index contributed by atoms with van der Waals surface area (Å²) in [6, 6.07) is 5.80. The first-order valence-electron chi connectivity index (χ1n) is 7.80. The number of hydrogen-bond acceptors (Lipinski definition) is 3. The average molecular weight is 299 g/mol. The van der Waals surface area contributed by atoms with Gasteiger partial charge in [0.15, 0.2) is 6.61 Å². The number of carbonyl (C=O) groups is 1. The van der Waals surface area contributed by atoms with Crippen molar-refractivity contribution in [3.8, 4) is 5.75 Å². The first-order chi connectivity index (χ1) is 10.8. The van der Waals surface area contributed by atoms with E-state index in [2.05, 4.69) is 10.3 Å². The quantitative estimate of drug-likeness (QED) is 0.887. The molecule has 2 aromatic heterocycles. The third-order valence-corrected chi connectivity index (χ3v) is 3.91. The fourth-order valence-electron chi connectivity index (χ4n) is 2.77. The van der Waals surface area contributed by atoms with E-state index >= 15 is 0 Å². The Balaban J connectivity index is 1.47. The van der Waals surface area contributed by atoms with Crippen LogP contribution in [-0.4, -0.2) is 28.6 Å². The molecule has 0 bridgehead atoms. The number of nitrogens with zero attached hydrogens (tertiary/aromatic N) is 2. The number of ether oxygens (including phenoxy) is 1. The molecule has 0 radical (unpaired) electrons. The minimum absolute atomic E-state index is 0.0577. The van der Waals surface area contributed by atoms with Crippen molar-refractivity contribution in [2.75, 3.05) is 13.2 Å². The number of aromatic nitrogens is 2. The van der Waals surface area contributed by atoms with Gasteiger partial charge in [0.25, 0.3) is 5.91 Å². The summed E-state index contributed by atoms with van der Waals surface area (Å²) in [4.78, 5) is 16.3. The van der Waals surface area contributed by atoms with Gasteiger partial charge >= 0.3 is 0 Å². The summed E-state index contributed by atoms with van der Waals surface area (Å²) in [6.45, 7) is 1.43. The fraction of sp³-hybridized carbons (Fsp3) is 0.412. The van der Waals surface area contributed by atoms with Crippen LogP contribution in [0.3, 0.4) is 0 Å². The van der Waals surface area contributed by atoms with Gasteiger partial charge < -0.3 is 14.6 Å². The van der Waals surface area contributed by atoms with Crippen molar-refractivity contribution >= 4 is 5.91 Å². The Bertz CT molecular complexity index is 623. The lowest BCUT2D eigenvalue weighted by Crippen LogP contribution is -2.31. The van der Waals surface area contributed by atoms with Gasteiger partial charge in [-0.15, -0.1) is 0 Å². The molecule has 1 aliphatic rings. The number of pyridine rings is 1. The van der Waals surface area contributed by atoms with E-state index in [1.807, 2.05) is 35.2 Å². The van der Waals surface area contributed by atoms with Crippen molar-refractivity contribution in [3.63, 3.8) is 0 Å². The Morgan fingerprint density at radius 3 is 2.95 bits per heavy atom. The van der Waals surface area contributed by atoms with E-state index in [0.29, 0.717) is 6.54 Å². The van der Waals surface area contributed by atoms with E-state index in [1.54, 1.807) is 6.20 Å². The fourth-order valence-corrected chi connectivity index (χ4v) is 2.77. The van der Waals surface area contributed by atoms with Crippen LogP contribution in [0.15, 0.2) is 36.8 Å². The Morgan fingerprint density at radius 1 is 1.27 bits per heavy atom. The molecule has 0 spiro atoms. The monoisotopic (exact) mass is 299 g/mol. The molecule has 0 saturated carbocycles. The predicted octanol–water partition coefficient (Wildman–Crippen LogP) is 1.96. The van der Waals surface area contributed by atoms with Crippen LogP contribution in [0.4, 0.5) is 0 Å². The lowest BCUT2D eigenvalue weighted by molar-refractivity contribution is -0.123. The molecule has 5 heteroatoms. The number of nitrogens with one attached hydrogen (secondary N) is 1. The largest absolute Gasteiger partial charge is 0.483 e. The lowest BCUT2D eigenvalue weighted by atomic mass is 9.95. The van der Waals surface area contributed by atoms with Gasteiger partial charge in [-0.05, 0) is 43.9 Å². The van der Waals surface area contributed by atoms with Gasteiger partial charge in [0, 0.05) is 42.9 Å². The molecule has 0 unspecified atom stereocenters. The molecule has 22 heavy (non-hydrogen) atoms. The number of amides is 1. The van der Waals surface area contributed by atoms with Crippen LogP contribution < -0.4 is 10.1 Å². The van der Waals surface area contributed by atoms with E-state index in [9.17, 15) is 4.79 Å². The zero-order valence-electron chi connectivity index (χ0n) is 12.6. The van der Waals surface area contributed by atoms with Crippen molar-refractivity contribution in [1.29, 1.82) is 0 Å². The van der Waals surface area contributed by atoms with Crippen molar-refractivity contribution in [1.82, 2.24) is 14.9 Å². The molecule has 2 heterocycles. The molecule has 0 saturated heterocycles. The molecule has 3 rings (SSSR count). The standard InChI is InChI=1S/C17H21N3O2/c21-17(19-9-12-20-10-3-4-11-20)13-22-16-7-8-18-15-6-2-1-5-14(15)16/h3-4,7-8,10-11H,1-2,5-6,9,12-13H2,(H,19,21). The van der Waals surface area contributed by atoms with Crippen LogP contribution in [0.25, 0.3) is 0 Å². The second-order valence-corrected chi connectivity index (χ2v) is 5.50. The highest BCUT2D eigenvalue weighted by Gasteiger charge is 2.15. The Kier molecular flexibility index (Phi) is 4.73. The zero-order chi connectivity index (χ0) is 15.2. The van der Waals surface area contributed by atoms with Crippen molar-refractivity contribution in [2.24, 2.45) is 0 Å². The van der Waals surface area contributed by atoms with Crippen molar-refractivity contribution in [2.45, 2.75) is 32.2 Å². The summed E-state index contributed by atoms with van der Waals surface area (Å²) < 4.78 is 7.72. The minimum atomic E-state index is -0.0893. The molecule has 1 N–H and O–H groups in total. The maximum absolute atomic E-state index is 11.9. The number of rotatable bonds is 6. The SMILES string of the molecule is O=C(COc1ccnc2c1CCCC2)NCCn1cccc1. The topological polar surface area (TPSA) is 56.1 Å². The smallest absolute Gasteiger partial charge is 0.258 e. The molecular formula is C17H21N3O2. The van der Waals surface area contributed by atoms with E-state index < -0.39 is 0 Å². The highest BCUT2D eigenvalue weighted by atomic mass is 16.5. The molecule has 0 aromatic carbocycles. The minimum Gasteiger partial charge on any atom is -0.483 e. The summed E-state index contributed by atoms with van der Waals surface area (Å²) in [5, 5.41) is 2.87. The molecule has 0 aliphatic heterocycles. The predicted molar refractivity (Wildman–Crippen MR) is 83.8 cm³/mol. The molecule has 0 fully saturated rings. The zero-order valence-corrected chi connectivity index (χ0v) is 12.6. The van der Waals surface area contributed by atoms with E-state index in [4.69, 9.17) is 4.74 Å². The Morgan fingerprint density at radius 2 is 2.09 bits per heavy atom. The summed E-state index contributed by atoms with van der Waals surface area (Å²) in [7, 11) is 0. The number of fused-ring (bicyclic) bond motifs is 1.